The van der Waals surface area contributed by atoms with Crippen molar-refractivity contribution < 1.29 is 28.7 Å². The van der Waals surface area contributed by atoms with Gasteiger partial charge in [0.05, 0.1) is 12.1 Å². The number of nitrogens with one attached hydrogen (secondary N) is 2. The molecule has 0 radical (unpaired) electrons. The first-order valence-electron chi connectivity index (χ1n) is 9.58. The van der Waals surface area contributed by atoms with E-state index in [2.05, 4.69) is 22.8 Å². The summed E-state index contributed by atoms with van der Waals surface area (Å²) in [5.74, 6) is -2.98. The Morgan fingerprint density at radius 2 is 1.17 bits per heavy atom. The van der Waals surface area contributed by atoms with Gasteiger partial charge in [0, 0.05) is 12.2 Å². The van der Waals surface area contributed by atoms with E-state index < -0.39 is 48.0 Å². The maximum atomic E-state index is 11.8. The molecule has 2 N–H and O–H groups in total. The minimum atomic E-state index is -0.995. The molecule has 2 aliphatic rings. The molecule has 2 aliphatic carbocycles. The van der Waals surface area contributed by atoms with Gasteiger partial charge in [0.15, 0.2) is 13.2 Å². The van der Waals surface area contributed by atoms with Crippen molar-refractivity contribution in [2.75, 3.05) is 13.2 Å². The quantitative estimate of drug-likeness (QED) is 0.379. The van der Waals surface area contributed by atoms with Gasteiger partial charge in [0.25, 0.3) is 11.8 Å². The first kappa shape index (κ1) is 22.9. The lowest BCUT2D eigenvalue weighted by molar-refractivity contribution is -0.145. The number of rotatable bonds is 10. The smallest absolute Gasteiger partial charge is 0.331 e. The van der Waals surface area contributed by atoms with Gasteiger partial charge in [-0.25, -0.2) is 9.59 Å². The first-order valence-corrected chi connectivity index (χ1v) is 9.58. The van der Waals surface area contributed by atoms with E-state index in [-0.39, 0.29) is 11.8 Å². The molecule has 0 aromatic rings. The molecule has 0 saturated heterocycles. The minimum Gasteiger partial charge on any atom is -0.452 e. The Morgan fingerprint density at radius 3 is 1.43 bits per heavy atom. The largest absolute Gasteiger partial charge is 0.452 e. The van der Waals surface area contributed by atoms with Gasteiger partial charge >= 0.3 is 11.9 Å². The third-order valence-corrected chi connectivity index (χ3v) is 5.10. The van der Waals surface area contributed by atoms with Gasteiger partial charge in [-0.05, 0) is 51.4 Å². The van der Waals surface area contributed by atoms with Crippen LogP contribution < -0.4 is 10.6 Å². The SMILES string of the molecule is C[C@@](C#N)(NC(=O)COC(=O)/C=C/C(=O)OCC(=O)N[C@@](C)(C#N)C1CC1)C1CC1. The summed E-state index contributed by atoms with van der Waals surface area (Å²) in [6, 6.07) is 4.10. The van der Waals surface area contributed by atoms with Gasteiger partial charge in [0.2, 0.25) is 0 Å². The van der Waals surface area contributed by atoms with Crippen molar-refractivity contribution in [3.05, 3.63) is 12.2 Å². The lowest BCUT2D eigenvalue weighted by Crippen LogP contribution is -2.48. The zero-order valence-electron chi connectivity index (χ0n) is 16.9. The van der Waals surface area contributed by atoms with E-state index in [0.717, 1.165) is 37.8 Å². The van der Waals surface area contributed by atoms with Crippen LogP contribution in [0.1, 0.15) is 39.5 Å². The van der Waals surface area contributed by atoms with E-state index in [1.165, 1.54) is 0 Å². The molecule has 2 atom stereocenters. The van der Waals surface area contributed by atoms with E-state index >= 15 is 0 Å². The van der Waals surface area contributed by atoms with Crippen LogP contribution in [0.5, 0.6) is 0 Å². The minimum absolute atomic E-state index is 0.0873. The van der Waals surface area contributed by atoms with Gasteiger partial charge in [-0.15, -0.1) is 0 Å². The molecule has 10 heteroatoms. The van der Waals surface area contributed by atoms with Crippen molar-refractivity contribution in [3.8, 4) is 12.1 Å². The molecular formula is C20H24N4O6. The molecule has 0 heterocycles. The van der Waals surface area contributed by atoms with Crippen LogP contribution in [0.15, 0.2) is 12.2 Å². The Morgan fingerprint density at radius 1 is 0.833 bits per heavy atom. The second-order valence-corrected chi connectivity index (χ2v) is 7.82. The number of nitrogens with zero attached hydrogens (tertiary/aromatic N) is 2. The van der Waals surface area contributed by atoms with E-state index in [9.17, 15) is 29.7 Å². The topological polar surface area (TPSA) is 158 Å². The van der Waals surface area contributed by atoms with Crippen molar-refractivity contribution >= 4 is 23.8 Å². The first-order chi connectivity index (χ1) is 14.1. The van der Waals surface area contributed by atoms with Gasteiger partial charge in [-0.2, -0.15) is 10.5 Å². The summed E-state index contributed by atoms with van der Waals surface area (Å²) < 4.78 is 9.43. The molecule has 2 fully saturated rings. The molecule has 0 bridgehead atoms. The van der Waals surface area contributed by atoms with Crippen LogP contribution in [0.3, 0.4) is 0 Å². The van der Waals surface area contributed by atoms with Crippen LogP contribution in [0.4, 0.5) is 0 Å². The highest BCUT2D eigenvalue weighted by Gasteiger charge is 2.43. The summed E-state index contributed by atoms with van der Waals surface area (Å²) >= 11 is 0. The molecule has 0 aromatic heterocycles. The number of carbonyl (C=O) groups excluding carboxylic acids is 4. The van der Waals surface area contributed by atoms with Crippen LogP contribution in [-0.4, -0.2) is 48.0 Å². The molecule has 10 nitrogen and oxygen atoms in total. The number of amides is 2. The number of hydrogen-bond donors (Lipinski definition) is 2. The van der Waals surface area contributed by atoms with Crippen LogP contribution >= 0.6 is 0 Å². The van der Waals surface area contributed by atoms with Crippen molar-refractivity contribution in [1.29, 1.82) is 10.5 Å². The summed E-state index contributed by atoms with van der Waals surface area (Å²) in [4.78, 5) is 46.9. The average molecular weight is 416 g/mol. The second kappa shape index (κ2) is 9.40. The Balaban J connectivity index is 1.67. The number of hydrogen-bond acceptors (Lipinski definition) is 8. The van der Waals surface area contributed by atoms with Crippen LogP contribution in [0, 0.1) is 34.5 Å². The summed E-state index contributed by atoms with van der Waals surface area (Å²) in [5, 5.41) is 23.4. The fourth-order valence-electron chi connectivity index (χ4n) is 2.92. The predicted molar refractivity (Wildman–Crippen MR) is 101 cm³/mol. The van der Waals surface area contributed by atoms with E-state index in [1.807, 2.05) is 0 Å². The fraction of sp³-hybridized carbons (Fsp3) is 0.600. The molecule has 0 aromatic carbocycles. The van der Waals surface area contributed by atoms with Crippen molar-refractivity contribution in [2.45, 2.75) is 50.6 Å². The average Bonchev–Trinajstić information content (AvgIpc) is 3.59. The lowest BCUT2D eigenvalue weighted by atomic mass is 9.98. The molecule has 0 spiro atoms. The molecule has 0 aliphatic heterocycles. The van der Waals surface area contributed by atoms with Crippen molar-refractivity contribution in [2.24, 2.45) is 11.8 Å². The van der Waals surface area contributed by atoms with E-state index in [1.54, 1.807) is 13.8 Å². The van der Waals surface area contributed by atoms with E-state index in [0.29, 0.717) is 0 Å². The summed E-state index contributed by atoms with van der Waals surface area (Å²) in [7, 11) is 0. The molecule has 2 saturated carbocycles. The summed E-state index contributed by atoms with van der Waals surface area (Å²) in [6.07, 6.45) is 4.93. The Hall–Kier alpha value is -3.40. The van der Waals surface area contributed by atoms with Crippen LogP contribution in [-0.2, 0) is 28.7 Å². The predicted octanol–water partition coefficient (Wildman–Crippen LogP) is 0.246. The highest BCUT2D eigenvalue weighted by atomic mass is 16.5. The van der Waals surface area contributed by atoms with E-state index in [4.69, 9.17) is 9.47 Å². The second-order valence-electron chi connectivity index (χ2n) is 7.82. The zero-order chi connectivity index (χ0) is 22.4. The number of nitriles is 2. The molecule has 30 heavy (non-hydrogen) atoms. The number of carbonyl (C=O) groups is 4. The van der Waals surface area contributed by atoms with Gasteiger partial charge in [0.1, 0.15) is 11.1 Å². The number of esters is 2. The van der Waals surface area contributed by atoms with Crippen molar-refractivity contribution in [3.63, 3.8) is 0 Å². The normalized spacial score (nSPS) is 19.3. The van der Waals surface area contributed by atoms with Gasteiger partial charge in [-0.1, -0.05) is 0 Å². The maximum Gasteiger partial charge on any atom is 0.331 e. The Labute approximate surface area is 174 Å². The molecular weight excluding hydrogens is 392 g/mol. The Bertz CT molecular complexity index is 765. The fourth-order valence-corrected chi connectivity index (χ4v) is 2.92. The monoisotopic (exact) mass is 416 g/mol. The van der Waals surface area contributed by atoms with Gasteiger partial charge in [-0.3, -0.25) is 9.59 Å². The highest BCUT2D eigenvalue weighted by molar-refractivity contribution is 5.93. The summed E-state index contributed by atoms with van der Waals surface area (Å²) in [6.45, 7) is 2.03. The van der Waals surface area contributed by atoms with Crippen LogP contribution in [0.25, 0.3) is 0 Å². The molecule has 2 amide bonds. The maximum absolute atomic E-state index is 11.8. The van der Waals surface area contributed by atoms with Crippen molar-refractivity contribution in [1.82, 2.24) is 10.6 Å². The lowest BCUT2D eigenvalue weighted by Gasteiger charge is -2.22. The molecule has 2 rings (SSSR count). The molecule has 160 valence electrons. The number of ether oxygens (including phenoxy) is 2. The standard InChI is InChI=1S/C20H24N4O6/c1-19(11-21,13-3-4-13)23-15(25)9-29-17(27)7-8-18(28)30-10-16(26)24-20(2,12-22)14-5-6-14/h7-8,13-14H,3-6,9-10H2,1-2H3,(H,23,25)(H,24,26)/b8-7+/t19-,20-/m0/s1. The zero-order valence-corrected chi connectivity index (χ0v) is 16.9. The third kappa shape index (κ3) is 6.59. The highest BCUT2D eigenvalue weighted by Crippen LogP contribution is 2.39. The summed E-state index contributed by atoms with van der Waals surface area (Å²) in [5.41, 5.74) is -1.99. The molecule has 0 unspecified atom stereocenters. The Kier molecular flexibility index (Phi) is 7.17. The third-order valence-electron chi connectivity index (χ3n) is 5.10. The van der Waals surface area contributed by atoms with Crippen LogP contribution in [0.2, 0.25) is 0 Å². The van der Waals surface area contributed by atoms with Gasteiger partial charge < -0.3 is 20.1 Å².